The van der Waals surface area contributed by atoms with E-state index in [0.29, 0.717) is 29.1 Å². The summed E-state index contributed by atoms with van der Waals surface area (Å²) in [6.45, 7) is 2.22. The highest BCUT2D eigenvalue weighted by molar-refractivity contribution is 6.05. The summed E-state index contributed by atoms with van der Waals surface area (Å²) in [6, 6.07) is 17.7. The number of aryl methyl sites for hydroxylation is 1. The van der Waals surface area contributed by atoms with E-state index >= 15 is 0 Å². The minimum absolute atomic E-state index is 0.173. The fourth-order valence-corrected chi connectivity index (χ4v) is 2.41. The van der Waals surface area contributed by atoms with Crippen molar-refractivity contribution in [2.24, 2.45) is 0 Å². The maximum absolute atomic E-state index is 12.3. The Balaban J connectivity index is 1.61. The molecule has 0 aliphatic carbocycles. The van der Waals surface area contributed by atoms with Crippen LogP contribution in [0.1, 0.15) is 32.0 Å². The molecule has 25 heavy (non-hydrogen) atoms. The second-order valence-corrected chi connectivity index (χ2v) is 5.61. The highest BCUT2D eigenvalue weighted by Crippen LogP contribution is 2.14. The van der Waals surface area contributed by atoms with Gasteiger partial charge in [-0.2, -0.15) is 0 Å². The summed E-state index contributed by atoms with van der Waals surface area (Å²) in [4.78, 5) is 24.4. The Labute approximate surface area is 145 Å². The molecule has 1 aromatic heterocycles. The first-order chi connectivity index (χ1) is 12.1. The molecule has 0 bridgehead atoms. The molecule has 2 N–H and O–H groups in total. The van der Waals surface area contributed by atoms with Crippen molar-refractivity contribution < 1.29 is 14.0 Å². The Hall–Kier alpha value is -3.34. The predicted octanol–water partition coefficient (Wildman–Crippen LogP) is 3.77. The molecule has 3 aromatic rings. The van der Waals surface area contributed by atoms with Crippen molar-refractivity contribution in [2.45, 2.75) is 13.5 Å². The number of carbonyl (C=O) groups is 2. The van der Waals surface area contributed by atoms with Gasteiger partial charge in [-0.1, -0.05) is 18.2 Å². The van der Waals surface area contributed by atoms with Gasteiger partial charge in [0, 0.05) is 16.8 Å². The van der Waals surface area contributed by atoms with Crippen LogP contribution >= 0.6 is 0 Å². The van der Waals surface area contributed by atoms with Crippen LogP contribution in [0.3, 0.4) is 0 Å². The minimum atomic E-state index is -0.201. The number of rotatable bonds is 5. The third-order valence-electron chi connectivity index (χ3n) is 3.80. The smallest absolute Gasteiger partial charge is 0.255 e. The third-order valence-corrected chi connectivity index (χ3v) is 3.80. The zero-order chi connectivity index (χ0) is 17.6. The molecule has 0 unspecified atom stereocenters. The largest absolute Gasteiger partial charge is 0.467 e. The van der Waals surface area contributed by atoms with Gasteiger partial charge in [0.05, 0.1) is 12.8 Å². The molecule has 2 aromatic carbocycles. The van der Waals surface area contributed by atoms with E-state index in [1.807, 2.05) is 25.1 Å². The molecule has 5 heteroatoms. The molecule has 0 atom stereocenters. The SMILES string of the molecule is Cc1ccccc1C(=O)Nc1ccc(C(=O)NCc2ccco2)cc1. The van der Waals surface area contributed by atoms with Crippen LogP contribution in [0.2, 0.25) is 0 Å². The van der Waals surface area contributed by atoms with Gasteiger partial charge < -0.3 is 15.1 Å². The van der Waals surface area contributed by atoms with Crippen LogP contribution in [0.25, 0.3) is 0 Å². The molecule has 0 aliphatic rings. The van der Waals surface area contributed by atoms with E-state index in [9.17, 15) is 9.59 Å². The molecule has 0 radical (unpaired) electrons. The lowest BCUT2D eigenvalue weighted by molar-refractivity contribution is 0.0947. The van der Waals surface area contributed by atoms with E-state index < -0.39 is 0 Å². The molecule has 2 amide bonds. The Morgan fingerprint density at radius 3 is 2.36 bits per heavy atom. The number of anilines is 1. The van der Waals surface area contributed by atoms with Crippen molar-refractivity contribution in [3.8, 4) is 0 Å². The van der Waals surface area contributed by atoms with Gasteiger partial charge in [-0.05, 0) is 55.0 Å². The maximum Gasteiger partial charge on any atom is 0.255 e. The number of benzene rings is 2. The van der Waals surface area contributed by atoms with Crippen LogP contribution in [0.15, 0.2) is 71.3 Å². The zero-order valence-electron chi connectivity index (χ0n) is 13.8. The van der Waals surface area contributed by atoms with Gasteiger partial charge in [0.25, 0.3) is 11.8 Å². The summed E-state index contributed by atoms with van der Waals surface area (Å²) in [7, 11) is 0. The van der Waals surface area contributed by atoms with Crippen molar-refractivity contribution in [1.82, 2.24) is 5.32 Å². The molecular weight excluding hydrogens is 316 g/mol. The number of hydrogen-bond acceptors (Lipinski definition) is 3. The molecule has 0 saturated heterocycles. The van der Waals surface area contributed by atoms with Gasteiger partial charge >= 0.3 is 0 Å². The van der Waals surface area contributed by atoms with Gasteiger partial charge in [-0.3, -0.25) is 9.59 Å². The van der Waals surface area contributed by atoms with E-state index in [0.717, 1.165) is 5.56 Å². The monoisotopic (exact) mass is 334 g/mol. The Morgan fingerprint density at radius 2 is 1.68 bits per heavy atom. The molecule has 126 valence electrons. The number of hydrogen-bond donors (Lipinski definition) is 2. The van der Waals surface area contributed by atoms with Crippen molar-refractivity contribution in [1.29, 1.82) is 0 Å². The molecule has 5 nitrogen and oxygen atoms in total. The highest BCUT2D eigenvalue weighted by atomic mass is 16.3. The van der Waals surface area contributed by atoms with E-state index in [-0.39, 0.29) is 11.8 Å². The van der Waals surface area contributed by atoms with Crippen molar-refractivity contribution in [3.63, 3.8) is 0 Å². The molecule has 0 aliphatic heterocycles. The normalized spacial score (nSPS) is 10.3. The van der Waals surface area contributed by atoms with Crippen LogP contribution in [0, 0.1) is 6.92 Å². The van der Waals surface area contributed by atoms with E-state index in [1.165, 1.54) is 0 Å². The highest BCUT2D eigenvalue weighted by Gasteiger charge is 2.10. The lowest BCUT2D eigenvalue weighted by Gasteiger charge is -2.08. The second-order valence-electron chi connectivity index (χ2n) is 5.61. The van der Waals surface area contributed by atoms with Crippen LogP contribution < -0.4 is 10.6 Å². The summed E-state index contributed by atoms with van der Waals surface area (Å²) >= 11 is 0. The summed E-state index contributed by atoms with van der Waals surface area (Å²) in [6.07, 6.45) is 1.56. The molecule has 3 rings (SSSR count). The topological polar surface area (TPSA) is 71.3 Å². The molecule has 0 saturated carbocycles. The third kappa shape index (κ3) is 4.14. The van der Waals surface area contributed by atoms with Gasteiger partial charge in [0.2, 0.25) is 0 Å². The second kappa shape index (κ2) is 7.49. The molecule has 0 fully saturated rings. The van der Waals surface area contributed by atoms with Crippen molar-refractivity contribution >= 4 is 17.5 Å². The first-order valence-electron chi connectivity index (χ1n) is 7.91. The fourth-order valence-electron chi connectivity index (χ4n) is 2.41. The predicted molar refractivity (Wildman–Crippen MR) is 95.5 cm³/mol. The standard InChI is InChI=1S/C20H18N2O3/c1-14-5-2-3-7-18(14)20(24)22-16-10-8-15(9-11-16)19(23)21-13-17-6-4-12-25-17/h2-12H,13H2,1H3,(H,21,23)(H,22,24). The zero-order valence-corrected chi connectivity index (χ0v) is 13.8. The number of amides is 2. The van der Waals surface area contributed by atoms with Gasteiger partial charge in [-0.25, -0.2) is 0 Å². The fraction of sp³-hybridized carbons (Fsp3) is 0.100. The summed E-state index contributed by atoms with van der Waals surface area (Å²) in [5.74, 6) is 0.316. The van der Waals surface area contributed by atoms with Crippen molar-refractivity contribution in [2.75, 3.05) is 5.32 Å². The summed E-state index contributed by atoms with van der Waals surface area (Å²) < 4.78 is 5.17. The maximum atomic E-state index is 12.3. The minimum Gasteiger partial charge on any atom is -0.467 e. The lowest BCUT2D eigenvalue weighted by atomic mass is 10.1. The van der Waals surface area contributed by atoms with Crippen LogP contribution in [-0.4, -0.2) is 11.8 Å². The van der Waals surface area contributed by atoms with Crippen molar-refractivity contribution in [3.05, 3.63) is 89.4 Å². The van der Waals surface area contributed by atoms with Gasteiger partial charge in [0.1, 0.15) is 5.76 Å². The van der Waals surface area contributed by atoms with Gasteiger partial charge in [-0.15, -0.1) is 0 Å². The van der Waals surface area contributed by atoms with Crippen LogP contribution in [-0.2, 0) is 6.54 Å². The molecular formula is C20H18N2O3. The number of carbonyl (C=O) groups excluding carboxylic acids is 2. The van der Waals surface area contributed by atoms with Gasteiger partial charge in [0.15, 0.2) is 0 Å². The lowest BCUT2D eigenvalue weighted by Crippen LogP contribution is -2.22. The van der Waals surface area contributed by atoms with E-state index in [4.69, 9.17) is 4.42 Å². The summed E-state index contributed by atoms with van der Waals surface area (Å²) in [5.41, 5.74) is 2.69. The Morgan fingerprint density at radius 1 is 0.920 bits per heavy atom. The quantitative estimate of drug-likeness (QED) is 0.746. The average Bonchev–Trinajstić information content (AvgIpc) is 3.14. The van der Waals surface area contributed by atoms with Crippen LogP contribution in [0.5, 0.6) is 0 Å². The molecule has 1 heterocycles. The Kier molecular flexibility index (Phi) is 4.95. The van der Waals surface area contributed by atoms with E-state index in [1.54, 1.807) is 48.7 Å². The summed E-state index contributed by atoms with van der Waals surface area (Å²) in [5, 5.41) is 5.61. The number of nitrogens with one attached hydrogen (secondary N) is 2. The number of furan rings is 1. The molecule has 0 spiro atoms. The van der Waals surface area contributed by atoms with Crippen LogP contribution in [0.4, 0.5) is 5.69 Å². The van der Waals surface area contributed by atoms with E-state index in [2.05, 4.69) is 10.6 Å². The first kappa shape index (κ1) is 16.5. The Bertz CT molecular complexity index is 868. The first-order valence-corrected chi connectivity index (χ1v) is 7.91. The average molecular weight is 334 g/mol.